The van der Waals surface area contributed by atoms with Crippen LogP contribution < -0.4 is 0 Å². The Labute approximate surface area is 202 Å². The van der Waals surface area contributed by atoms with Crippen molar-refractivity contribution in [3.63, 3.8) is 0 Å². The van der Waals surface area contributed by atoms with E-state index < -0.39 is 0 Å². The van der Waals surface area contributed by atoms with Gasteiger partial charge in [0.2, 0.25) is 0 Å². The summed E-state index contributed by atoms with van der Waals surface area (Å²) in [7, 11) is 0. The predicted octanol–water partition coefficient (Wildman–Crippen LogP) is 6.08. The van der Waals surface area contributed by atoms with Crippen molar-refractivity contribution in [1.82, 2.24) is 9.80 Å². The lowest BCUT2D eigenvalue weighted by molar-refractivity contribution is 0.0781. The van der Waals surface area contributed by atoms with Crippen molar-refractivity contribution in [2.75, 3.05) is 32.7 Å². The fourth-order valence-electron chi connectivity index (χ4n) is 5.61. The molecular formula is C29H31ClN2O. The van der Waals surface area contributed by atoms with Crippen LogP contribution in [0.3, 0.4) is 0 Å². The molecule has 2 heterocycles. The molecule has 2 saturated heterocycles. The number of carbonyl (C=O) groups is 1. The molecule has 0 bridgehead atoms. The Morgan fingerprint density at radius 1 is 0.818 bits per heavy atom. The van der Waals surface area contributed by atoms with E-state index >= 15 is 0 Å². The first kappa shape index (κ1) is 22.2. The summed E-state index contributed by atoms with van der Waals surface area (Å²) in [5.41, 5.74) is 3.49. The van der Waals surface area contributed by atoms with E-state index in [-0.39, 0.29) is 5.91 Å². The van der Waals surface area contributed by atoms with Gasteiger partial charge < -0.3 is 9.80 Å². The minimum Gasteiger partial charge on any atom is -0.338 e. The lowest BCUT2D eigenvalue weighted by Gasteiger charge is -2.34. The number of amides is 1. The number of halogens is 1. The molecule has 2 aliphatic rings. The Morgan fingerprint density at radius 3 is 2.15 bits per heavy atom. The van der Waals surface area contributed by atoms with Crippen molar-refractivity contribution in [1.29, 1.82) is 0 Å². The summed E-state index contributed by atoms with van der Waals surface area (Å²) in [5.74, 6) is 1.55. The molecule has 0 spiro atoms. The van der Waals surface area contributed by atoms with E-state index in [1.807, 2.05) is 23.1 Å². The molecular weight excluding hydrogens is 428 g/mol. The van der Waals surface area contributed by atoms with Crippen LogP contribution in [0, 0.1) is 5.92 Å². The monoisotopic (exact) mass is 458 g/mol. The summed E-state index contributed by atoms with van der Waals surface area (Å²) < 4.78 is 0. The number of piperidine rings is 1. The molecule has 0 aromatic heterocycles. The normalized spacial score (nSPS) is 21.9. The van der Waals surface area contributed by atoms with Gasteiger partial charge in [0.15, 0.2) is 0 Å². The van der Waals surface area contributed by atoms with Gasteiger partial charge >= 0.3 is 0 Å². The third-order valence-electron chi connectivity index (χ3n) is 7.38. The average Bonchev–Trinajstić information content (AvgIpc) is 3.29. The summed E-state index contributed by atoms with van der Waals surface area (Å²) in [5, 5.41) is 0.609. The van der Waals surface area contributed by atoms with Crippen molar-refractivity contribution in [2.45, 2.75) is 24.7 Å². The molecule has 170 valence electrons. The van der Waals surface area contributed by atoms with Gasteiger partial charge in [0.1, 0.15) is 0 Å². The van der Waals surface area contributed by atoms with Gasteiger partial charge in [-0.15, -0.1) is 0 Å². The van der Waals surface area contributed by atoms with Crippen LogP contribution in [0.5, 0.6) is 0 Å². The Morgan fingerprint density at radius 2 is 1.48 bits per heavy atom. The van der Waals surface area contributed by atoms with Crippen molar-refractivity contribution in [3.05, 3.63) is 107 Å². The molecule has 0 saturated carbocycles. The number of rotatable bonds is 5. The molecule has 2 fully saturated rings. The van der Waals surface area contributed by atoms with Gasteiger partial charge in [-0.2, -0.15) is 0 Å². The summed E-state index contributed by atoms with van der Waals surface area (Å²) in [6.07, 6.45) is 2.41. The minimum absolute atomic E-state index is 0.0868. The minimum atomic E-state index is 0.0868. The SMILES string of the molecule is O=C(c1cccc(Cl)c1)N1C[C@H](CN2CCC(c3ccccc3)CC2)[C@@H](c2ccccc2)C1. The molecule has 2 aliphatic heterocycles. The van der Waals surface area contributed by atoms with Crippen molar-refractivity contribution in [3.8, 4) is 0 Å². The van der Waals surface area contributed by atoms with E-state index in [0.29, 0.717) is 28.3 Å². The first-order valence-corrected chi connectivity index (χ1v) is 12.4. The summed E-state index contributed by atoms with van der Waals surface area (Å²) in [6.45, 7) is 4.85. The summed E-state index contributed by atoms with van der Waals surface area (Å²) in [4.78, 5) is 17.9. The van der Waals surface area contributed by atoms with Crippen molar-refractivity contribution >= 4 is 17.5 Å². The van der Waals surface area contributed by atoms with Crippen LogP contribution in [0.25, 0.3) is 0 Å². The van der Waals surface area contributed by atoms with E-state index in [1.165, 1.54) is 24.0 Å². The maximum atomic E-state index is 13.3. The zero-order valence-electron chi connectivity index (χ0n) is 18.9. The van der Waals surface area contributed by atoms with Gasteiger partial charge in [0.25, 0.3) is 5.91 Å². The molecule has 33 heavy (non-hydrogen) atoms. The zero-order valence-corrected chi connectivity index (χ0v) is 19.7. The van der Waals surface area contributed by atoms with E-state index in [0.717, 1.165) is 32.7 Å². The van der Waals surface area contributed by atoms with Gasteiger partial charge in [-0.05, 0) is 67.1 Å². The Balaban J connectivity index is 1.28. The predicted molar refractivity (Wildman–Crippen MR) is 135 cm³/mol. The van der Waals surface area contributed by atoms with E-state index in [2.05, 4.69) is 65.6 Å². The fourth-order valence-corrected chi connectivity index (χ4v) is 5.80. The topological polar surface area (TPSA) is 23.6 Å². The quantitative estimate of drug-likeness (QED) is 0.463. The Hall–Kier alpha value is -2.62. The maximum absolute atomic E-state index is 13.3. The summed E-state index contributed by atoms with van der Waals surface area (Å²) in [6, 6.07) is 29.0. The van der Waals surface area contributed by atoms with Crippen molar-refractivity contribution < 1.29 is 4.79 Å². The van der Waals surface area contributed by atoms with Gasteiger partial charge in [0.05, 0.1) is 0 Å². The lowest BCUT2D eigenvalue weighted by atomic mass is 9.86. The van der Waals surface area contributed by atoms with Crippen molar-refractivity contribution in [2.24, 2.45) is 5.92 Å². The number of hydrogen-bond acceptors (Lipinski definition) is 2. The fraction of sp³-hybridized carbons (Fsp3) is 0.345. The van der Waals surface area contributed by atoms with Crippen LogP contribution in [0.15, 0.2) is 84.9 Å². The van der Waals surface area contributed by atoms with Crippen LogP contribution in [0.2, 0.25) is 5.02 Å². The molecule has 4 heteroatoms. The summed E-state index contributed by atoms with van der Waals surface area (Å²) >= 11 is 6.16. The highest BCUT2D eigenvalue weighted by Gasteiger charge is 2.37. The van der Waals surface area contributed by atoms with E-state index in [4.69, 9.17) is 11.6 Å². The number of carbonyl (C=O) groups excluding carboxylic acids is 1. The van der Waals surface area contributed by atoms with Crippen LogP contribution in [0.4, 0.5) is 0 Å². The molecule has 3 aromatic carbocycles. The molecule has 0 unspecified atom stereocenters. The first-order valence-electron chi connectivity index (χ1n) is 12.0. The number of likely N-dealkylation sites (tertiary alicyclic amines) is 2. The smallest absolute Gasteiger partial charge is 0.253 e. The van der Waals surface area contributed by atoms with Gasteiger partial charge in [0, 0.05) is 36.1 Å². The second-order valence-corrected chi connectivity index (χ2v) is 9.92. The molecule has 0 radical (unpaired) electrons. The maximum Gasteiger partial charge on any atom is 0.253 e. The molecule has 5 rings (SSSR count). The third-order valence-corrected chi connectivity index (χ3v) is 7.61. The van der Waals surface area contributed by atoms with Crippen LogP contribution >= 0.6 is 11.6 Å². The second-order valence-electron chi connectivity index (χ2n) is 9.48. The number of hydrogen-bond donors (Lipinski definition) is 0. The largest absolute Gasteiger partial charge is 0.338 e. The second kappa shape index (κ2) is 10.1. The molecule has 3 nitrogen and oxygen atoms in total. The molecule has 0 aliphatic carbocycles. The highest BCUT2D eigenvalue weighted by Crippen LogP contribution is 2.36. The Kier molecular flexibility index (Phi) is 6.80. The molecule has 3 aromatic rings. The van der Waals surface area contributed by atoms with E-state index in [9.17, 15) is 4.79 Å². The number of nitrogens with zero attached hydrogens (tertiary/aromatic N) is 2. The third kappa shape index (κ3) is 5.15. The van der Waals surface area contributed by atoms with Crippen LogP contribution in [-0.4, -0.2) is 48.4 Å². The molecule has 0 N–H and O–H groups in total. The Bertz CT molecular complexity index is 1060. The van der Waals surface area contributed by atoms with Gasteiger partial charge in [-0.25, -0.2) is 0 Å². The standard InChI is InChI=1S/C29H31ClN2O/c30-27-13-7-12-25(18-27)29(33)32-20-26(28(21-32)24-10-5-2-6-11-24)19-31-16-14-23(15-17-31)22-8-3-1-4-9-22/h1-13,18,23,26,28H,14-17,19-21H2/t26-,28+/m0/s1. The van der Waals surface area contributed by atoms with Crippen LogP contribution in [0.1, 0.15) is 46.2 Å². The molecule has 1 amide bonds. The van der Waals surface area contributed by atoms with E-state index in [1.54, 1.807) is 6.07 Å². The molecule has 2 atom stereocenters. The zero-order chi connectivity index (χ0) is 22.6. The van der Waals surface area contributed by atoms with Gasteiger partial charge in [-0.1, -0.05) is 78.3 Å². The lowest BCUT2D eigenvalue weighted by Crippen LogP contribution is -2.38. The first-order chi connectivity index (χ1) is 16.2. The number of benzene rings is 3. The highest BCUT2D eigenvalue weighted by atomic mass is 35.5. The average molecular weight is 459 g/mol. The highest BCUT2D eigenvalue weighted by molar-refractivity contribution is 6.30. The van der Waals surface area contributed by atoms with Crippen LogP contribution in [-0.2, 0) is 0 Å². The van der Waals surface area contributed by atoms with Gasteiger partial charge in [-0.3, -0.25) is 4.79 Å².